The van der Waals surface area contributed by atoms with Crippen molar-refractivity contribution in [2.75, 3.05) is 18.1 Å². The molecule has 1 N–H and O–H groups in total. The second-order valence-corrected chi connectivity index (χ2v) is 3.47. The van der Waals surface area contributed by atoms with E-state index in [4.69, 9.17) is 0 Å². The molecule has 1 unspecified atom stereocenters. The summed E-state index contributed by atoms with van der Waals surface area (Å²) in [6.07, 6.45) is 0.513. The highest BCUT2D eigenvalue weighted by atomic mass is 32.2. The molecule has 0 aromatic carbocycles. The van der Waals surface area contributed by atoms with Crippen LogP contribution in [0.1, 0.15) is 6.92 Å². The van der Waals surface area contributed by atoms with Gasteiger partial charge in [0.2, 0.25) is 0 Å². The molecule has 70 valence electrons. The minimum atomic E-state index is -0.571. The highest BCUT2D eigenvalue weighted by Crippen LogP contribution is 2.01. The fraction of sp³-hybridized carbons (Fsp3) is 0.625. The lowest BCUT2D eigenvalue weighted by Crippen LogP contribution is -2.20. The van der Waals surface area contributed by atoms with Crippen LogP contribution in [0.5, 0.6) is 0 Å². The number of carbonyl (C=O) groups is 1. The molecule has 0 rings (SSSR count). The molecule has 0 radical (unpaired) electrons. The number of esters is 1. The van der Waals surface area contributed by atoms with Crippen LogP contribution in [0.15, 0.2) is 12.7 Å². The summed E-state index contributed by atoms with van der Waals surface area (Å²) >= 11 is 1.61. The van der Waals surface area contributed by atoms with Gasteiger partial charge in [0, 0.05) is 11.8 Å². The van der Waals surface area contributed by atoms with Gasteiger partial charge in [-0.15, -0.1) is 0 Å². The molecule has 0 fully saturated rings. The molecule has 0 aromatic heterocycles. The second-order valence-electron chi connectivity index (χ2n) is 2.15. The Morgan fingerprint density at radius 1 is 1.83 bits per heavy atom. The van der Waals surface area contributed by atoms with Crippen molar-refractivity contribution in [2.24, 2.45) is 0 Å². The minimum Gasteiger partial charge on any atom is -0.460 e. The normalized spacial score (nSPS) is 12.2. The van der Waals surface area contributed by atoms with Gasteiger partial charge in [-0.05, 0) is 5.75 Å². The van der Waals surface area contributed by atoms with Gasteiger partial charge in [0.15, 0.2) is 0 Å². The predicted octanol–water partition coefficient (Wildman–Crippen LogP) is 0.830. The third-order valence-electron chi connectivity index (χ3n) is 1.10. The van der Waals surface area contributed by atoms with Crippen molar-refractivity contribution in [3.05, 3.63) is 12.7 Å². The van der Waals surface area contributed by atoms with Crippen molar-refractivity contribution >= 4 is 17.7 Å². The Balaban J connectivity index is 3.36. The molecule has 0 aromatic rings. The van der Waals surface area contributed by atoms with Gasteiger partial charge < -0.3 is 9.84 Å². The number of hydrogen-bond acceptors (Lipinski definition) is 4. The summed E-state index contributed by atoms with van der Waals surface area (Å²) in [5, 5.41) is 9.19. The molecule has 0 heterocycles. The monoisotopic (exact) mass is 190 g/mol. The fourth-order valence-corrected chi connectivity index (χ4v) is 1.14. The molecule has 1 atom stereocenters. The third-order valence-corrected chi connectivity index (χ3v) is 2.13. The molecule has 0 saturated heterocycles. The molecule has 4 heteroatoms. The SMILES string of the molecule is C=CC(=O)OCC(O)CSCC. The number of hydrogen-bond donors (Lipinski definition) is 1. The van der Waals surface area contributed by atoms with Crippen LogP contribution in [0.3, 0.4) is 0 Å². The number of thioether (sulfide) groups is 1. The van der Waals surface area contributed by atoms with Crippen LogP contribution in [-0.4, -0.2) is 35.3 Å². The van der Waals surface area contributed by atoms with E-state index in [-0.39, 0.29) is 6.61 Å². The predicted molar refractivity (Wildman–Crippen MR) is 50.2 cm³/mol. The maximum atomic E-state index is 10.5. The van der Waals surface area contributed by atoms with E-state index in [2.05, 4.69) is 11.3 Å². The van der Waals surface area contributed by atoms with E-state index in [0.29, 0.717) is 5.75 Å². The summed E-state index contributed by atoms with van der Waals surface area (Å²) < 4.78 is 4.63. The number of rotatable bonds is 6. The maximum Gasteiger partial charge on any atom is 0.330 e. The Morgan fingerprint density at radius 3 is 3.00 bits per heavy atom. The Hall–Kier alpha value is -0.480. The molecule has 0 aliphatic heterocycles. The van der Waals surface area contributed by atoms with Crippen molar-refractivity contribution in [2.45, 2.75) is 13.0 Å². The topological polar surface area (TPSA) is 46.5 Å². The molecule has 0 spiro atoms. The Labute approximate surface area is 76.8 Å². The molecule has 0 bridgehead atoms. The largest absolute Gasteiger partial charge is 0.460 e. The first-order chi connectivity index (χ1) is 5.70. The van der Waals surface area contributed by atoms with Crippen LogP contribution in [-0.2, 0) is 9.53 Å². The van der Waals surface area contributed by atoms with E-state index in [1.54, 1.807) is 11.8 Å². The molecule has 12 heavy (non-hydrogen) atoms. The van der Waals surface area contributed by atoms with Crippen LogP contribution in [0, 0.1) is 0 Å². The van der Waals surface area contributed by atoms with Crippen molar-refractivity contribution in [3.8, 4) is 0 Å². The first kappa shape index (κ1) is 11.5. The van der Waals surface area contributed by atoms with Gasteiger partial charge in [-0.2, -0.15) is 11.8 Å². The number of aliphatic hydroxyl groups is 1. The van der Waals surface area contributed by atoms with Crippen molar-refractivity contribution in [1.29, 1.82) is 0 Å². The highest BCUT2D eigenvalue weighted by molar-refractivity contribution is 7.99. The zero-order valence-electron chi connectivity index (χ0n) is 7.16. The van der Waals surface area contributed by atoms with Crippen LogP contribution < -0.4 is 0 Å². The standard InChI is InChI=1S/C8H14O3S/c1-3-8(10)11-5-7(9)6-12-4-2/h3,7,9H,1,4-6H2,2H3. The lowest BCUT2D eigenvalue weighted by Gasteiger charge is -2.08. The molecule has 0 aliphatic rings. The highest BCUT2D eigenvalue weighted by Gasteiger charge is 2.05. The summed E-state index contributed by atoms with van der Waals surface area (Å²) in [4.78, 5) is 10.5. The quantitative estimate of drug-likeness (QED) is 0.498. The zero-order chi connectivity index (χ0) is 9.40. The van der Waals surface area contributed by atoms with Crippen molar-refractivity contribution < 1.29 is 14.6 Å². The van der Waals surface area contributed by atoms with E-state index >= 15 is 0 Å². The summed E-state index contributed by atoms with van der Waals surface area (Å²) in [5.41, 5.74) is 0. The minimum absolute atomic E-state index is 0.0534. The molecule has 0 aliphatic carbocycles. The van der Waals surface area contributed by atoms with Crippen LogP contribution >= 0.6 is 11.8 Å². The fourth-order valence-electron chi connectivity index (χ4n) is 0.539. The molecular formula is C8H14O3S. The molecule has 3 nitrogen and oxygen atoms in total. The first-order valence-electron chi connectivity index (χ1n) is 3.75. The molecular weight excluding hydrogens is 176 g/mol. The van der Waals surface area contributed by atoms with E-state index in [1.807, 2.05) is 6.92 Å². The lowest BCUT2D eigenvalue weighted by molar-refractivity contribution is -0.140. The van der Waals surface area contributed by atoms with Crippen LogP contribution in [0.2, 0.25) is 0 Å². The van der Waals surface area contributed by atoms with Crippen LogP contribution in [0.25, 0.3) is 0 Å². The van der Waals surface area contributed by atoms with Crippen LogP contribution in [0.4, 0.5) is 0 Å². The summed E-state index contributed by atoms with van der Waals surface area (Å²) in [6, 6.07) is 0. The third kappa shape index (κ3) is 6.24. The van der Waals surface area contributed by atoms with Gasteiger partial charge in [0.1, 0.15) is 6.61 Å². The average molecular weight is 190 g/mol. The van der Waals surface area contributed by atoms with E-state index in [1.165, 1.54) is 0 Å². The Morgan fingerprint density at radius 2 is 2.50 bits per heavy atom. The molecule has 0 saturated carbocycles. The van der Waals surface area contributed by atoms with Gasteiger partial charge in [-0.3, -0.25) is 0 Å². The lowest BCUT2D eigenvalue weighted by atomic mass is 10.4. The summed E-state index contributed by atoms with van der Waals surface area (Å²) in [6.45, 7) is 5.30. The Kier molecular flexibility index (Phi) is 6.90. The van der Waals surface area contributed by atoms with Gasteiger partial charge >= 0.3 is 5.97 Å². The number of ether oxygens (including phenoxy) is 1. The van der Waals surface area contributed by atoms with Gasteiger partial charge in [-0.25, -0.2) is 4.79 Å². The number of carbonyl (C=O) groups excluding carboxylic acids is 1. The molecule has 0 amide bonds. The van der Waals surface area contributed by atoms with Gasteiger partial charge in [0.25, 0.3) is 0 Å². The van der Waals surface area contributed by atoms with E-state index < -0.39 is 12.1 Å². The van der Waals surface area contributed by atoms with Gasteiger partial charge in [0.05, 0.1) is 6.10 Å². The maximum absolute atomic E-state index is 10.5. The average Bonchev–Trinajstić information content (AvgIpc) is 2.10. The van der Waals surface area contributed by atoms with Crippen molar-refractivity contribution in [1.82, 2.24) is 0 Å². The second kappa shape index (κ2) is 7.18. The summed E-state index contributed by atoms with van der Waals surface area (Å²) in [7, 11) is 0. The zero-order valence-corrected chi connectivity index (χ0v) is 7.97. The van der Waals surface area contributed by atoms with Crippen molar-refractivity contribution in [3.63, 3.8) is 0 Å². The van der Waals surface area contributed by atoms with Gasteiger partial charge in [-0.1, -0.05) is 13.5 Å². The summed E-state index contributed by atoms with van der Waals surface area (Å²) in [5.74, 6) is 1.06. The first-order valence-corrected chi connectivity index (χ1v) is 4.91. The Bertz CT molecular complexity index is 147. The van der Waals surface area contributed by atoms with E-state index in [9.17, 15) is 9.90 Å². The number of aliphatic hydroxyl groups excluding tert-OH is 1. The van der Waals surface area contributed by atoms with E-state index in [0.717, 1.165) is 11.8 Å². The smallest absolute Gasteiger partial charge is 0.330 e.